The van der Waals surface area contributed by atoms with Crippen LogP contribution >= 0.6 is 0 Å². The number of carbonyl (C=O) groups excluding carboxylic acids is 2. The average Bonchev–Trinajstić information content (AvgIpc) is 2.59. The highest BCUT2D eigenvalue weighted by Crippen LogP contribution is 2.11. The Morgan fingerprint density at radius 2 is 1.92 bits per heavy atom. The van der Waals surface area contributed by atoms with Crippen molar-refractivity contribution in [2.75, 3.05) is 6.61 Å². The number of aryl methyl sites for hydroxylation is 3. The zero-order valence-electron chi connectivity index (χ0n) is 14.5. The summed E-state index contributed by atoms with van der Waals surface area (Å²) in [6.07, 6.45) is 2.21. The van der Waals surface area contributed by atoms with E-state index in [9.17, 15) is 14.4 Å². The maximum absolute atomic E-state index is 12.2. The first kappa shape index (κ1) is 19.4. The highest BCUT2D eigenvalue weighted by molar-refractivity contribution is 5.98. The van der Waals surface area contributed by atoms with Gasteiger partial charge in [0.05, 0.1) is 6.61 Å². The van der Waals surface area contributed by atoms with Crippen LogP contribution in [0.4, 0.5) is 0 Å². The summed E-state index contributed by atoms with van der Waals surface area (Å²) in [5, 5.41) is 11.3. The van der Waals surface area contributed by atoms with E-state index in [0.717, 1.165) is 12.8 Å². The molecular weight excluding hydrogens is 336 g/mol. The van der Waals surface area contributed by atoms with Gasteiger partial charge < -0.3 is 20.6 Å². The number of hydrogen-bond donors (Lipinski definition) is 3. The third-order valence-electron chi connectivity index (χ3n) is 3.99. The van der Waals surface area contributed by atoms with Gasteiger partial charge in [0.25, 0.3) is 5.91 Å². The molecule has 2 amide bonds. The fourth-order valence-corrected chi connectivity index (χ4v) is 2.62. The van der Waals surface area contributed by atoms with Crippen LogP contribution in [-0.4, -0.2) is 29.6 Å². The number of primary amides is 1. The van der Waals surface area contributed by atoms with Crippen molar-refractivity contribution >= 4 is 11.8 Å². The molecule has 2 rings (SSSR count). The fourth-order valence-electron chi connectivity index (χ4n) is 2.62. The molecule has 0 aliphatic heterocycles. The summed E-state index contributed by atoms with van der Waals surface area (Å²) in [5.41, 5.74) is 5.72. The van der Waals surface area contributed by atoms with Gasteiger partial charge in [-0.05, 0) is 37.0 Å². The van der Waals surface area contributed by atoms with Crippen LogP contribution in [0.5, 0.6) is 0 Å². The molecule has 1 atom stereocenters. The van der Waals surface area contributed by atoms with Crippen LogP contribution in [0.15, 0.2) is 45.6 Å². The molecule has 0 radical (unpaired) electrons. The van der Waals surface area contributed by atoms with Gasteiger partial charge in [-0.25, -0.2) is 4.79 Å². The van der Waals surface area contributed by atoms with Gasteiger partial charge in [0.1, 0.15) is 17.4 Å². The third kappa shape index (κ3) is 5.03. The Bertz CT molecular complexity index is 830. The topological polar surface area (TPSA) is 123 Å². The normalized spacial score (nSPS) is 11.8. The van der Waals surface area contributed by atoms with Crippen LogP contribution < -0.4 is 16.7 Å². The summed E-state index contributed by atoms with van der Waals surface area (Å²) in [5.74, 6) is -1.20. The smallest absolute Gasteiger partial charge is 0.349 e. The average molecular weight is 358 g/mol. The van der Waals surface area contributed by atoms with Crippen molar-refractivity contribution < 1.29 is 19.1 Å². The first-order chi connectivity index (χ1) is 12.4. The van der Waals surface area contributed by atoms with E-state index in [-0.39, 0.29) is 5.56 Å². The van der Waals surface area contributed by atoms with Crippen LogP contribution in [0.1, 0.15) is 33.7 Å². The molecule has 2 aromatic rings. The number of rotatable bonds is 8. The number of nitrogens with one attached hydrogen (secondary N) is 1. The van der Waals surface area contributed by atoms with E-state index >= 15 is 0 Å². The second-order valence-electron chi connectivity index (χ2n) is 6.01. The van der Waals surface area contributed by atoms with Crippen LogP contribution in [0, 0.1) is 6.92 Å². The van der Waals surface area contributed by atoms with Crippen LogP contribution in [0.3, 0.4) is 0 Å². The van der Waals surface area contributed by atoms with Crippen molar-refractivity contribution in [3.8, 4) is 0 Å². The molecular formula is C19H22N2O5. The molecule has 1 heterocycles. The standard InChI is InChI=1S/C19H22N2O5/c1-12-10-14(9-5-8-13-6-3-2-4-7-13)26-19(25)16(12)18(24)21-15(11-22)17(20)23/h2-4,6-7,10,15,22H,5,8-9,11H2,1H3,(H2,20,23)(H,21,24)/t15-/m0/s1. The van der Waals surface area contributed by atoms with Crippen molar-refractivity contribution in [1.82, 2.24) is 5.32 Å². The zero-order valence-corrected chi connectivity index (χ0v) is 14.5. The molecule has 0 spiro atoms. The van der Waals surface area contributed by atoms with E-state index < -0.39 is 30.1 Å². The second-order valence-corrected chi connectivity index (χ2v) is 6.01. The molecule has 1 aromatic heterocycles. The monoisotopic (exact) mass is 358 g/mol. The first-order valence-electron chi connectivity index (χ1n) is 8.31. The minimum atomic E-state index is -1.26. The number of aliphatic hydroxyl groups is 1. The first-order valence-corrected chi connectivity index (χ1v) is 8.31. The summed E-state index contributed by atoms with van der Waals surface area (Å²) in [6.45, 7) is 0.966. The summed E-state index contributed by atoms with van der Waals surface area (Å²) >= 11 is 0. The maximum Gasteiger partial charge on any atom is 0.349 e. The van der Waals surface area contributed by atoms with Gasteiger partial charge in [0.15, 0.2) is 0 Å². The lowest BCUT2D eigenvalue weighted by Crippen LogP contribution is -2.47. The van der Waals surface area contributed by atoms with Crippen molar-refractivity contribution in [3.63, 3.8) is 0 Å². The maximum atomic E-state index is 12.2. The minimum absolute atomic E-state index is 0.198. The Balaban J connectivity index is 2.06. The molecule has 7 heteroatoms. The van der Waals surface area contributed by atoms with Gasteiger partial charge in [0.2, 0.25) is 5.91 Å². The number of carbonyl (C=O) groups is 2. The van der Waals surface area contributed by atoms with Gasteiger partial charge in [-0.2, -0.15) is 0 Å². The van der Waals surface area contributed by atoms with Gasteiger partial charge in [-0.3, -0.25) is 9.59 Å². The van der Waals surface area contributed by atoms with E-state index in [1.807, 2.05) is 30.3 Å². The van der Waals surface area contributed by atoms with Crippen molar-refractivity contribution in [2.24, 2.45) is 5.73 Å². The van der Waals surface area contributed by atoms with E-state index in [2.05, 4.69) is 5.32 Å². The SMILES string of the molecule is Cc1cc(CCCc2ccccc2)oc(=O)c1C(=O)N[C@@H](CO)C(N)=O. The molecule has 7 nitrogen and oxygen atoms in total. The quantitative estimate of drug-likeness (QED) is 0.641. The number of aliphatic hydroxyl groups excluding tert-OH is 1. The van der Waals surface area contributed by atoms with E-state index in [4.69, 9.17) is 15.3 Å². The molecule has 0 aliphatic rings. The molecule has 0 aliphatic carbocycles. The fraction of sp³-hybridized carbons (Fsp3) is 0.316. The Labute approximate surface area is 150 Å². The Hall–Kier alpha value is -2.93. The van der Waals surface area contributed by atoms with Crippen molar-refractivity contribution in [2.45, 2.75) is 32.2 Å². The van der Waals surface area contributed by atoms with Gasteiger partial charge in [0, 0.05) is 6.42 Å². The summed E-state index contributed by atoms with van der Waals surface area (Å²) < 4.78 is 5.23. The molecule has 0 saturated heterocycles. The lowest BCUT2D eigenvalue weighted by molar-refractivity contribution is -0.120. The van der Waals surface area contributed by atoms with E-state index in [0.29, 0.717) is 17.7 Å². The van der Waals surface area contributed by atoms with Crippen LogP contribution in [-0.2, 0) is 17.6 Å². The van der Waals surface area contributed by atoms with E-state index in [1.165, 1.54) is 5.56 Å². The summed E-state index contributed by atoms with van der Waals surface area (Å²) in [4.78, 5) is 35.5. The lowest BCUT2D eigenvalue weighted by Gasteiger charge is -2.13. The largest absolute Gasteiger partial charge is 0.427 e. The number of amides is 2. The second kappa shape index (κ2) is 8.96. The Kier molecular flexibility index (Phi) is 6.68. The van der Waals surface area contributed by atoms with Crippen molar-refractivity contribution in [1.29, 1.82) is 0 Å². The molecule has 138 valence electrons. The van der Waals surface area contributed by atoms with Gasteiger partial charge in [-0.15, -0.1) is 0 Å². The molecule has 0 bridgehead atoms. The third-order valence-corrected chi connectivity index (χ3v) is 3.99. The molecule has 1 aromatic carbocycles. The molecule has 4 N–H and O–H groups in total. The van der Waals surface area contributed by atoms with Crippen LogP contribution in [0.25, 0.3) is 0 Å². The number of hydrogen-bond acceptors (Lipinski definition) is 5. The number of benzene rings is 1. The molecule has 26 heavy (non-hydrogen) atoms. The van der Waals surface area contributed by atoms with E-state index in [1.54, 1.807) is 13.0 Å². The van der Waals surface area contributed by atoms with Crippen molar-refractivity contribution in [3.05, 3.63) is 69.3 Å². The zero-order chi connectivity index (χ0) is 19.1. The van der Waals surface area contributed by atoms with Gasteiger partial charge >= 0.3 is 5.63 Å². The molecule has 0 fully saturated rings. The highest BCUT2D eigenvalue weighted by Gasteiger charge is 2.22. The predicted octanol–water partition coefficient (Wildman–Crippen LogP) is 0.700. The Morgan fingerprint density at radius 1 is 1.23 bits per heavy atom. The number of nitrogens with two attached hydrogens (primary N) is 1. The highest BCUT2D eigenvalue weighted by atomic mass is 16.4. The van der Waals surface area contributed by atoms with Gasteiger partial charge in [-0.1, -0.05) is 30.3 Å². The lowest BCUT2D eigenvalue weighted by atomic mass is 10.1. The summed E-state index contributed by atoms with van der Waals surface area (Å²) in [7, 11) is 0. The minimum Gasteiger partial charge on any atom is -0.427 e. The predicted molar refractivity (Wildman–Crippen MR) is 95.7 cm³/mol. The molecule has 0 saturated carbocycles. The summed E-state index contributed by atoms with van der Waals surface area (Å²) in [6, 6.07) is 10.3. The molecule has 0 unspecified atom stereocenters. The van der Waals surface area contributed by atoms with Crippen LogP contribution in [0.2, 0.25) is 0 Å². The Morgan fingerprint density at radius 3 is 2.50 bits per heavy atom.